The van der Waals surface area contributed by atoms with E-state index in [0.717, 1.165) is 0 Å². The third-order valence-electron chi connectivity index (χ3n) is 1.33. The summed E-state index contributed by atoms with van der Waals surface area (Å²) < 4.78 is 28.9. The molecule has 0 aliphatic rings. The Kier molecular flexibility index (Phi) is 3.87. The third-order valence-corrected chi connectivity index (χ3v) is 2.05. The fourth-order valence-corrected chi connectivity index (χ4v) is 0.919. The molecule has 0 unspecified atom stereocenters. The summed E-state index contributed by atoms with van der Waals surface area (Å²) in [6.45, 7) is 5.09. The van der Waals surface area contributed by atoms with E-state index in [1.54, 1.807) is 20.8 Å². The maximum Gasteiger partial charge on any atom is 0.266 e. The Hall–Kier alpha value is -0.620. The second kappa shape index (κ2) is 4.06. The Morgan fingerprint density at radius 2 is 1.85 bits per heavy atom. The van der Waals surface area contributed by atoms with Crippen molar-refractivity contribution in [1.29, 1.82) is 0 Å². The van der Waals surface area contributed by atoms with Gasteiger partial charge in [-0.3, -0.25) is 9.35 Å². The fraction of sp³-hybridized carbons (Fsp3) is 0.857. The van der Waals surface area contributed by atoms with E-state index in [1.165, 1.54) is 0 Å². The molecule has 0 atom stereocenters. The number of carbonyl (C=O) groups excluding carboxylic acids is 1. The standard InChI is InChI=1S/C7H15NO4S/c1-7(2,3)6(9)8-4-5-13(10,11)12/h4-5H2,1-3H3,(H,8,9)(H,10,11,12). The van der Waals surface area contributed by atoms with Gasteiger partial charge in [-0.25, -0.2) is 0 Å². The van der Waals surface area contributed by atoms with Crippen molar-refractivity contribution in [3.8, 4) is 0 Å². The summed E-state index contributed by atoms with van der Waals surface area (Å²) in [7, 11) is -3.98. The molecule has 1 amide bonds. The van der Waals surface area contributed by atoms with Gasteiger partial charge < -0.3 is 5.32 Å². The molecule has 0 rings (SSSR count). The Labute approximate surface area is 78.3 Å². The lowest BCUT2D eigenvalue weighted by molar-refractivity contribution is -0.128. The topological polar surface area (TPSA) is 83.5 Å². The van der Waals surface area contributed by atoms with Crippen LogP contribution in [0.3, 0.4) is 0 Å². The highest BCUT2D eigenvalue weighted by Crippen LogP contribution is 2.11. The molecule has 0 spiro atoms. The van der Waals surface area contributed by atoms with Gasteiger partial charge in [0.25, 0.3) is 10.1 Å². The molecule has 0 aliphatic carbocycles. The summed E-state index contributed by atoms with van der Waals surface area (Å²) in [4.78, 5) is 11.2. The van der Waals surface area contributed by atoms with Crippen LogP contribution in [-0.2, 0) is 14.9 Å². The summed E-state index contributed by atoms with van der Waals surface area (Å²) in [5.41, 5.74) is -0.542. The molecule has 13 heavy (non-hydrogen) atoms. The van der Waals surface area contributed by atoms with Crippen LogP contribution in [0.1, 0.15) is 20.8 Å². The molecular formula is C7H15NO4S. The molecule has 2 N–H and O–H groups in total. The molecule has 0 aromatic carbocycles. The molecule has 0 aromatic rings. The minimum Gasteiger partial charge on any atom is -0.355 e. The number of hydrogen-bond acceptors (Lipinski definition) is 3. The van der Waals surface area contributed by atoms with Crippen LogP contribution in [0.5, 0.6) is 0 Å². The summed E-state index contributed by atoms with van der Waals surface area (Å²) >= 11 is 0. The highest BCUT2D eigenvalue weighted by molar-refractivity contribution is 7.85. The van der Waals surface area contributed by atoms with Crippen molar-refractivity contribution >= 4 is 16.0 Å². The minimum atomic E-state index is -3.98. The SMILES string of the molecule is CC(C)(C)C(=O)NCCS(=O)(=O)O. The van der Waals surface area contributed by atoms with Crippen LogP contribution in [0.15, 0.2) is 0 Å². The minimum absolute atomic E-state index is 0.0606. The molecule has 0 fully saturated rings. The second-order valence-corrected chi connectivity index (χ2v) is 5.36. The Balaban J connectivity index is 3.87. The lowest BCUT2D eigenvalue weighted by Gasteiger charge is -2.16. The largest absolute Gasteiger partial charge is 0.355 e. The number of hydrogen-bond donors (Lipinski definition) is 2. The fourth-order valence-electron chi connectivity index (χ4n) is 0.559. The first-order valence-electron chi connectivity index (χ1n) is 3.86. The number of nitrogens with one attached hydrogen (secondary N) is 1. The summed E-state index contributed by atoms with van der Waals surface area (Å²) in [5.74, 6) is -0.689. The summed E-state index contributed by atoms with van der Waals surface area (Å²) in [5, 5.41) is 2.40. The van der Waals surface area contributed by atoms with Crippen molar-refractivity contribution in [1.82, 2.24) is 5.32 Å². The van der Waals surface area contributed by atoms with Gasteiger partial charge in [-0.1, -0.05) is 20.8 Å². The van der Waals surface area contributed by atoms with Crippen molar-refractivity contribution in [2.75, 3.05) is 12.3 Å². The molecule has 0 radical (unpaired) electrons. The van der Waals surface area contributed by atoms with Gasteiger partial charge >= 0.3 is 0 Å². The van der Waals surface area contributed by atoms with Gasteiger partial charge in [0.05, 0.1) is 5.75 Å². The third kappa shape index (κ3) is 6.53. The van der Waals surface area contributed by atoms with Gasteiger partial charge in [-0.05, 0) is 0 Å². The van der Waals surface area contributed by atoms with E-state index in [1.807, 2.05) is 0 Å². The maximum absolute atomic E-state index is 11.2. The van der Waals surface area contributed by atoms with E-state index < -0.39 is 21.3 Å². The van der Waals surface area contributed by atoms with E-state index in [4.69, 9.17) is 4.55 Å². The molecule has 78 valence electrons. The lowest BCUT2D eigenvalue weighted by atomic mass is 9.96. The summed E-state index contributed by atoms with van der Waals surface area (Å²) in [6, 6.07) is 0. The quantitative estimate of drug-likeness (QED) is 0.643. The maximum atomic E-state index is 11.2. The van der Waals surface area contributed by atoms with E-state index in [-0.39, 0.29) is 12.5 Å². The molecule has 0 saturated carbocycles. The van der Waals surface area contributed by atoms with Crippen LogP contribution >= 0.6 is 0 Å². The highest BCUT2D eigenvalue weighted by Gasteiger charge is 2.20. The van der Waals surface area contributed by atoms with Crippen LogP contribution in [0, 0.1) is 5.41 Å². The van der Waals surface area contributed by atoms with Gasteiger partial charge in [-0.15, -0.1) is 0 Å². The van der Waals surface area contributed by atoms with Crippen molar-refractivity contribution in [2.45, 2.75) is 20.8 Å². The smallest absolute Gasteiger partial charge is 0.266 e. The van der Waals surface area contributed by atoms with Gasteiger partial charge in [0.1, 0.15) is 0 Å². The first-order chi connectivity index (χ1) is 5.63. The van der Waals surface area contributed by atoms with Crippen molar-refractivity contribution < 1.29 is 17.8 Å². The Morgan fingerprint density at radius 1 is 1.38 bits per heavy atom. The van der Waals surface area contributed by atoms with Crippen LogP contribution in [0.25, 0.3) is 0 Å². The molecule has 0 aromatic heterocycles. The first-order valence-corrected chi connectivity index (χ1v) is 5.47. The number of carbonyl (C=O) groups is 1. The highest BCUT2D eigenvalue weighted by atomic mass is 32.2. The second-order valence-electron chi connectivity index (χ2n) is 3.79. The molecular weight excluding hydrogens is 194 g/mol. The van der Waals surface area contributed by atoms with E-state index in [9.17, 15) is 13.2 Å². The van der Waals surface area contributed by atoms with Crippen molar-refractivity contribution in [3.05, 3.63) is 0 Å². The van der Waals surface area contributed by atoms with Gasteiger partial charge in [0, 0.05) is 12.0 Å². The Morgan fingerprint density at radius 3 is 2.15 bits per heavy atom. The molecule has 0 bridgehead atoms. The zero-order chi connectivity index (χ0) is 10.7. The van der Waals surface area contributed by atoms with Crippen molar-refractivity contribution in [3.63, 3.8) is 0 Å². The number of amides is 1. The Bertz CT molecular complexity index is 275. The predicted octanol–water partition coefficient (Wildman–Crippen LogP) is 0.0365. The molecule has 6 heteroatoms. The van der Waals surface area contributed by atoms with Gasteiger partial charge in [0.2, 0.25) is 5.91 Å². The predicted molar refractivity (Wildman–Crippen MR) is 48.9 cm³/mol. The monoisotopic (exact) mass is 209 g/mol. The normalized spacial score (nSPS) is 12.6. The molecule has 5 nitrogen and oxygen atoms in total. The molecule has 0 heterocycles. The van der Waals surface area contributed by atoms with E-state index >= 15 is 0 Å². The van der Waals surface area contributed by atoms with Gasteiger partial charge in [-0.2, -0.15) is 8.42 Å². The van der Waals surface area contributed by atoms with E-state index in [0.29, 0.717) is 0 Å². The zero-order valence-corrected chi connectivity index (χ0v) is 8.81. The van der Waals surface area contributed by atoms with Crippen molar-refractivity contribution in [2.24, 2.45) is 5.41 Å². The van der Waals surface area contributed by atoms with Gasteiger partial charge in [0.15, 0.2) is 0 Å². The number of rotatable bonds is 3. The van der Waals surface area contributed by atoms with E-state index in [2.05, 4.69) is 5.32 Å². The first kappa shape index (κ1) is 12.4. The average molecular weight is 209 g/mol. The van der Waals surface area contributed by atoms with Crippen LogP contribution in [0.2, 0.25) is 0 Å². The lowest BCUT2D eigenvalue weighted by Crippen LogP contribution is -2.37. The molecule has 0 saturated heterocycles. The van der Waals surface area contributed by atoms with Crippen LogP contribution in [0.4, 0.5) is 0 Å². The average Bonchev–Trinajstić information content (AvgIpc) is 1.82. The zero-order valence-electron chi connectivity index (χ0n) is 7.99. The molecule has 0 aliphatic heterocycles. The van der Waals surface area contributed by atoms with Crippen LogP contribution in [-0.4, -0.2) is 31.2 Å². The van der Waals surface area contributed by atoms with Crippen LogP contribution < -0.4 is 5.32 Å². The summed E-state index contributed by atoms with van der Waals surface area (Å²) in [6.07, 6.45) is 0.